The van der Waals surface area contributed by atoms with Crippen molar-refractivity contribution in [2.45, 2.75) is 32.0 Å². The van der Waals surface area contributed by atoms with Gasteiger partial charge in [-0.3, -0.25) is 9.59 Å². The van der Waals surface area contributed by atoms with Gasteiger partial charge >= 0.3 is 0 Å². The molecule has 1 saturated heterocycles. The molecule has 0 saturated carbocycles. The average Bonchev–Trinajstić information content (AvgIpc) is 3.11. The molecule has 0 unspecified atom stereocenters. The summed E-state index contributed by atoms with van der Waals surface area (Å²) in [6, 6.07) is 23.1. The molecule has 3 aromatic rings. The second-order valence-electron chi connectivity index (χ2n) is 8.88. The number of nitrogens with zero attached hydrogens (tertiary/aromatic N) is 2. The number of rotatable bonds is 5. The van der Waals surface area contributed by atoms with Crippen LogP contribution in [0.25, 0.3) is 0 Å². The van der Waals surface area contributed by atoms with Crippen LogP contribution >= 0.6 is 0 Å². The summed E-state index contributed by atoms with van der Waals surface area (Å²) < 4.78 is 0. The highest BCUT2D eigenvalue weighted by Crippen LogP contribution is 2.38. The number of carbonyl (C=O) groups is 2. The molecule has 0 spiro atoms. The first-order valence-electron chi connectivity index (χ1n) is 11.4. The van der Waals surface area contributed by atoms with Gasteiger partial charge in [0.2, 0.25) is 5.91 Å². The molecule has 0 aromatic heterocycles. The van der Waals surface area contributed by atoms with Crippen LogP contribution in [0.1, 0.15) is 22.8 Å². The molecule has 0 radical (unpaired) electrons. The predicted molar refractivity (Wildman–Crippen MR) is 132 cm³/mol. The lowest BCUT2D eigenvalue weighted by Crippen LogP contribution is -2.55. The minimum absolute atomic E-state index is 0.267. The highest BCUT2D eigenvalue weighted by molar-refractivity contribution is 6.24. The predicted octanol–water partition coefficient (Wildman–Crippen LogP) is 4.16. The van der Waals surface area contributed by atoms with E-state index >= 15 is 0 Å². The van der Waals surface area contributed by atoms with Crippen LogP contribution in [0, 0.1) is 19.8 Å². The number of hydrogen-bond acceptors (Lipinski definition) is 5. The molecule has 0 bridgehead atoms. The number of aliphatic hydroxyl groups excluding tert-OH is 1. The van der Waals surface area contributed by atoms with E-state index in [2.05, 4.69) is 5.43 Å². The van der Waals surface area contributed by atoms with E-state index in [1.165, 1.54) is 4.90 Å². The largest absolute Gasteiger partial charge is 0.386 e. The maximum Gasteiger partial charge on any atom is 0.254 e. The van der Waals surface area contributed by atoms with Crippen molar-refractivity contribution < 1.29 is 14.7 Å². The zero-order valence-corrected chi connectivity index (χ0v) is 19.1. The Morgan fingerprint density at radius 2 is 1.50 bits per heavy atom. The Kier molecular flexibility index (Phi) is 5.77. The molecule has 6 nitrogen and oxygen atoms in total. The third kappa shape index (κ3) is 3.81. The van der Waals surface area contributed by atoms with Gasteiger partial charge in [-0.25, -0.2) is 9.91 Å². The van der Waals surface area contributed by atoms with Crippen molar-refractivity contribution in [1.82, 2.24) is 5.01 Å². The molecule has 2 amide bonds. The van der Waals surface area contributed by atoms with Crippen molar-refractivity contribution >= 4 is 23.2 Å². The summed E-state index contributed by atoms with van der Waals surface area (Å²) in [5, 5.41) is 13.2. The van der Waals surface area contributed by atoms with Gasteiger partial charge in [-0.15, -0.1) is 0 Å². The van der Waals surface area contributed by atoms with E-state index in [0.29, 0.717) is 5.69 Å². The first kappa shape index (κ1) is 22.1. The minimum atomic E-state index is -0.898. The first-order valence-corrected chi connectivity index (χ1v) is 11.4. The van der Waals surface area contributed by atoms with Gasteiger partial charge in [0.1, 0.15) is 12.1 Å². The Balaban J connectivity index is 1.56. The normalized spacial score (nSPS) is 23.1. The lowest BCUT2D eigenvalue weighted by molar-refractivity contribution is -0.123. The Labute approximate surface area is 199 Å². The number of aryl methyl sites for hydroxylation is 2. The Hall–Kier alpha value is -3.74. The monoisotopic (exact) mass is 453 g/mol. The second kappa shape index (κ2) is 8.89. The van der Waals surface area contributed by atoms with E-state index in [4.69, 9.17) is 0 Å². The number of amides is 2. The van der Waals surface area contributed by atoms with Crippen LogP contribution in [0.3, 0.4) is 0 Å². The van der Waals surface area contributed by atoms with Crippen molar-refractivity contribution in [2.24, 2.45) is 5.92 Å². The fourth-order valence-corrected chi connectivity index (χ4v) is 4.78. The van der Waals surface area contributed by atoms with Crippen molar-refractivity contribution in [2.75, 3.05) is 10.3 Å². The molecule has 3 aromatic carbocycles. The number of anilines is 2. The zero-order chi connectivity index (χ0) is 23.8. The number of hydrogen-bond donors (Lipinski definition) is 2. The van der Waals surface area contributed by atoms with Gasteiger partial charge in [0, 0.05) is 5.69 Å². The molecule has 34 heavy (non-hydrogen) atoms. The summed E-state index contributed by atoms with van der Waals surface area (Å²) in [7, 11) is 0. The quantitative estimate of drug-likeness (QED) is 0.448. The third-order valence-electron chi connectivity index (χ3n) is 6.61. The topological polar surface area (TPSA) is 72.9 Å². The summed E-state index contributed by atoms with van der Waals surface area (Å²) in [5.74, 6) is -1.23. The molecule has 2 aliphatic rings. The van der Waals surface area contributed by atoms with Crippen LogP contribution in [0.15, 0.2) is 91.0 Å². The van der Waals surface area contributed by atoms with Gasteiger partial charge in [0.05, 0.1) is 17.6 Å². The lowest BCUT2D eigenvalue weighted by atomic mass is 9.89. The van der Waals surface area contributed by atoms with Gasteiger partial charge in [-0.1, -0.05) is 72.3 Å². The highest BCUT2D eigenvalue weighted by atomic mass is 16.3. The van der Waals surface area contributed by atoms with Crippen LogP contribution in [0.4, 0.5) is 11.4 Å². The van der Waals surface area contributed by atoms with Crippen molar-refractivity contribution in [3.05, 3.63) is 108 Å². The van der Waals surface area contributed by atoms with Crippen molar-refractivity contribution in [1.29, 1.82) is 0 Å². The third-order valence-corrected chi connectivity index (χ3v) is 6.61. The second-order valence-corrected chi connectivity index (χ2v) is 8.88. The fourth-order valence-electron chi connectivity index (χ4n) is 4.78. The van der Waals surface area contributed by atoms with E-state index in [1.54, 1.807) is 35.4 Å². The number of benzene rings is 3. The summed E-state index contributed by atoms with van der Waals surface area (Å²) in [4.78, 5) is 28.3. The number of nitrogens with one attached hydrogen (secondary N) is 1. The summed E-state index contributed by atoms with van der Waals surface area (Å²) in [5.41, 5.74) is 7.52. The van der Waals surface area contributed by atoms with Crippen molar-refractivity contribution in [3.63, 3.8) is 0 Å². The molecular weight excluding hydrogens is 426 g/mol. The molecule has 2 N–H and O–H groups in total. The van der Waals surface area contributed by atoms with E-state index in [1.807, 2.05) is 74.5 Å². The van der Waals surface area contributed by atoms with Gasteiger partial charge in [-0.05, 0) is 49.2 Å². The maximum absolute atomic E-state index is 13.7. The first-order chi connectivity index (χ1) is 16.5. The molecule has 6 heteroatoms. The summed E-state index contributed by atoms with van der Waals surface area (Å²) >= 11 is 0. The number of hydrazine groups is 1. The zero-order valence-electron chi connectivity index (χ0n) is 19.1. The smallest absolute Gasteiger partial charge is 0.254 e. The number of carbonyl (C=O) groups excluding carboxylic acids is 2. The summed E-state index contributed by atoms with van der Waals surface area (Å²) in [6.45, 7) is 3.96. The van der Waals surface area contributed by atoms with E-state index in [0.717, 1.165) is 22.4 Å². The molecule has 172 valence electrons. The van der Waals surface area contributed by atoms with Crippen molar-refractivity contribution in [3.8, 4) is 0 Å². The molecule has 5 rings (SSSR count). The number of imide groups is 1. The number of fused-ring (bicyclic) bond motifs is 1. The van der Waals surface area contributed by atoms with E-state index in [9.17, 15) is 14.7 Å². The molecule has 4 atom stereocenters. The van der Waals surface area contributed by atoms with Crippen LogP contribution in [-0.2, 0) is 9.59 Å². The summed E-state index contributed by atoms with van der Waals surface area (Å²) in [6.07, 6.45) is 2.71. The standard InChI is InChI=1S/C28H27N3O3/c1-18-12-14-20(15-13-18)29-31-24(26(32)22-11-7-6-8-19(22)2)17-16-23-25(31)28(34)30(27(23)33)21-9-4-3-5-10-21/h3-17,23-26,29,32H,1-2H3/t23-,24-,25+,26-/m1/s1. The number of para-hydroxylation sites is 1. The van der Waals surface area contributed by atoms with Crippen LogP contribution in [0.5, 0.6) is 0 Å². The van der Waals surface area contributed by atoms with E-state index in [-0.39, 0.29) is 11.8 Å². The van der Waals surface area contributed by atoms with E-state index < -0.39 is 24.1 Å². The Morgan fingerprint density at radius 1 is 0.824 bits per heavy atom. The van der Waals surface area contributed by atoms with Gasteiger partial charge in [0.15, 0.2) is 0 Å². The number of aliphatic hydroxyl groups is 1. The van der Waals surface area contributed by atoms with Crippen LogP contribution in [-0.4, -0.2) is 34.0 Å². The van der Waals surface area contributed by atoms with Crippen LogP contribution < -0.4 is 10.3 Å². The molecule has 2 heterocycles. The minimum Gasteiger partial charge on any atom is -0.386 e. The highest BCUT2D eigenvalue weighted by Gasteiger charge is 2.54. The van der Waals surface area contributed by atoms with Gasteiger partial charge < -0.3 is 10.5 Å². The Morgan fingerprint density at radius 3 is 2.21 bits per heavy atom. The van der Waals surface area contributed by atoms with Crippen LogP contribution in [0.2, 0.25) is 0 Å². The molecule has 0 aliphatic carbocycles. The van der Waals surface area contributed by atoms with Gasteiger partial charge in [0.25, 0.3) is 5.91 Å². The Bertz CT molecular complexity index is 1240. The molecular formula is C28H27N3O3. The molecule has 2 aliphatic heterocycles. The maximum atomic E-state index is 13.7. The van der Waals surface area contributed by atoms with Gasteiger partial charge in [-0.2, -0.15) is 0 Å². The fraction of sp³-hybridized carbons (Fsp3) is 0.214. The average molecular weight is 454 g/mol. The lowest BCUT2D eigenvalue weighted by Gasteiger charge is -2.41. The molecule has 1 fully saturated rings. The SMILES string of the molecule is Cc1ccc(NN2[C@@H]([C@H](O)c3ccccc3C)C=C[C@H]3C(=O)N(c4ccccc4)C(=O)[C@H]32)cc1.